The van der Waals surface area contributed by atoms with Crippen molar-refractivity contribution >= 4 is 11.6 Å². The van der Waals surface area contributed by atoms with Crippen molar-refractivity contribution in [3.63, 3.8) is 0 Å². The number of ether oxygens (including phenoxy) is 3. The van der Waals surface area contributed by atoms with Gasteiger partial charge in [0.1, 0.15) is 17.7 Å². The molecule has 1 aliphatic heterocycles. The summed E-state index contributed by atoms with van der Waals surface area (Å²) in [6.45, 7) is 1.85. The molecule has 1 heterocycles. The van der Waals surface area contributed by atoms with Crippen LogP contribution in [0.1, 0.15) is 23.7 Å². The van der Waals surface area contributed by atoms with E-state index in [1.807, 2.05) is 36.4 Å². The molecule has 0 aliphatic carbocycles. The van der Waals surface area contributed by atoms with Crippen molar-refractivity contribution < 1.29 is 18.6 Å². The van der Waals surface area contributed by atoms with E-state index in [4.69, 9.17) is 25.8 Å². The first-order valence-electron chi connectivity index (χ1n) is 9.82. The Balaban J connectivity index is 1.50. The lowest BCUT2D eigenvalue weighted by atomic mass is 10.0. The highest BCUT2D eigenvalue weighted by Gasteiger charge is 2.21. The monoisotopic (exact) mass is 427 g/mol. The van der Waals surface area contributed by atoms with Gasteiger partial charge in [-0.25, -0.2) is 4.39 Å². The predicted octanol–water partition coefficient (Wildman–Crippen LogP) is 5.85. The van der Waals surface area contributed by atoms with E-state index in [9.17, 15) is 4.39 Å². The highest BCUT2D eigenvalue weighted by molar-refractivity contribution is 6.32. The van der Waals surface area contributed by atoms with Crippen LogP contribution in [0.15, 0.2) is 66.7 Å². The molecule has 0 saturated heterocycles. The average molecular weight is 428 g/mol. The Labute approximate surface area is 180 Å². The van der Waals surface area contributed by atoms with Crippen LogP contribution in [0.5, 0.6) is 17.2 Å². The molecule has 4 rings (SSSR count). The summed E-state index contributed by atoms with van der Waals surface area (Å²) in [7, 11) is 2.08. The third-order valence-corrected chi connectivity index (χ3v) is 5.30. The van der Waals surface area contributed by atoms with Gasteiger partial charge in [-0.2, -0.15) is 0 Å². The van der Waals surface area contributed by atoms with E-state index in [1.165, 1.54) is 17.7 Å². The molecule has 1 atom stereocenters. The minimum absolute atomic E-state index is 0.216. The molecule has 0 amide bonds. The Morgan fingerprint density at radius 1 is 1.03 bits per heavy atom. The van der Waals surface area contributed by atoms with E-state index in [0.29, 0.717) is 11.5 Å². The van der Waals surface area contributed by atoms with E-state index in [1.54, 1.807) is 6.07 Å². The molecule has 0 bridgehead atoms. The highest BCUT2D eigenvalue weighted by Crippen LogP contribution is 2.37. The van der Waals surface area contributed by atoms with Crippen LogP contribution in [0.4, 0.5) is 4.39 Å². The topological polar surface area (TPSA) is 30.9 Å². The lowest BCUT2D eigenvalue weighted by Crippen LogP contribution is -2.22. The number of benzene rings is 3. The van der Waals surface area contributed by atoms with Gasteiger partial charge in [0.05, 0.1) is 5.02 Å². The van der Waals surface area contributed by atoms with Crippen molar-refractivity contribution in [2.75, 3.05) is 20.4 Å². The molecule has 0 unspecified atom stereocenters. The fourth-order valence-corrected chi connectivity index (χ4v) is 3.65. The molecule has 1 aliphatic rings. The maximum absolute atomic E-state index is 13.4. The molecule has 0 spiro atoms. The van der Waals surface area contributed by atoms with Crippen molar-refractivity contribution in [3.8, 4) is 17.2 Å². The second kappa shape index (κ2) is 9.37. The van der Waals surface area contributed by atoms with Crippen molar-refractivity contribution in [1.29, 1.82) is 0 Å². The van der Waals surface area contributed by atoms with Crippen LogP contribution in [0.25, 0.3) is 0 Å². The van der Waals surface area contributed by atoms with E-state index >= 15 is 0 Å². The number of rotatable bonds is 8. The maximum Gasteiger partial charge on any atom is 0.231 e. The van der Waals surface area contributed by atoms with Crippen LogP contribution in [0.2, 0.25) is 5.02 Å². The molecule has 6 heteroatoms. The first-order valence-corrected chi connectivity index (χ1v) is 10.2. The maximum atomic E-state index is 13.4. The first-order chi connectivity index (χ1) is 14.6. The molecule has 0 aromatic heterocycles. The standard InChI is InChI=1S/C24H23ClFNO3/c1-27(15-17-5-3-2-4-6-17)12-11-21(30-22-10-8-19(26)14-20(22)25)18-7-9-23-24(13-18)29-16-28-23/h2-10,13-14,21H,11-12,15-16H2,1H3/t21-/m0/s1. The molecule has 30 heavy (non-hydrogen) atoms. The number of nitrogens with zero attached hydrogens (tertiary/aromatic N) is 1. The summed E-state index contributed by atoms with van der Waals surface area (Å²) in [6, 6.07) is 20.3. The van der Waals surface area contributed by atoms with E-state index in [2.05, 4.69) is 24.1 Å². The largest absolute Gasteiger partial charge is 0.484 e. The number of hydrogen-bond acceptors (Lipinski definition) is 4. The Morgan fingerprint density at radius 2 is 1.83 bits per heavy atom. The van der Waals surface area contributed by atoms with Gasteiger partial charge in [-0.15, -0.1) is 0 Å². The fraction of sp³-hybridized carbons (Fsp3) is 0.250. The van der Waals surface area contributed by atoms with Gasteiger partial charge in [0.2, 0.25) is 6.79 Å². The third-order valence-electron chi connectivity index (χ3n) is 5.00. The quantitative estimate of drug-likeness (QED) is 0.451. The van der Waals surface area contributed by atoms with Gasteiger partial charge >= 0.3 is 0 Å². The normalized spacial score (nSPS) is 13.5. The third kappa shape index (κ3) is 5.04. The Bertz CT molecular complexity index is 999. The van der Waals surface area contributed by atoms with E-state index in [0.717, 1.165) is 30.8 Å². The zero-order chi connectivity index (χ0) is 20.9. The molecule has 0 fully saturated rings. The van der Waals surface area contributed by atoms with E-state index < -0.39 is 5.82 Å². The molecule has 0 radical (unpaired) electrons. The summed E-state index contributed by atoms with van der Waals surface area (Å²) in [6.07, 6.45) is 0.442. The highest BCUT2D eigenvalue weighted by atomic mass is 35.5. The second-order valence-corrected chi connectivity index (χ2v) is 7.71. The number of fused-ring (bicyclic) bond motifs is 1. The van der Waals surface area contributed by atoms with Gasteiger partial charge in [0, 0.05) is 19.5 Å². The molecular formula is C24H23ClFNO3. The zero-order valence-electron chi connectivity index (χ0n) is 16.7. The number of halogens is 2. The van der Waals surface area contributed by atoms with Gasteiger partial charge < -0.3 is 19.1 Å². The molecule has 3 aromatic rings. The number of hydrogen-bond donors (Lipinski definition) is 0. The Morgan fingerprint density at radius 3 is 2.63 bits per heavy atom. The molecule has 4 nitrogen and oxygen atoms in total. The minimum atomic E-state index is -0.394. The lowest BCUT2D eigenvalue weighted by Gasteiger charge is -2.24. The summed E-state index contributed by atoms with van der Waals surface area (Å²) < 4.78 is 30.6. The molecular weight excluding hydrogens is 405 g/mol. The Kier molecular flexibility index (Phi) is 6.41. The second-order valence-electron chi connectivity index (χ2n) is 7.31. The van der Waals surface area contributed by atoms with Crippen LogP contribution in [-0.4, -0.2) is 25.3 Å². The molecule has 156 valence electrons. The summed E-state index contributed by atoms with van der Waals surface area (Å²) in [4.78, 5) is 2.24. The molecule has 0 saturated carbocycles. The SMILES string of the molecule is CN(CC[C@H](Oc1ccc(F)cc1Cl)c1ccc2c(c1)OCO2)Cc1ccccc1. The van der Waals surface area contributed by atoms with Crippen molar-refractivity contribution in [2.24, 2.45) is 0 Å². The summed E-state index contributed by atoms with van der Waals surface area (Å²) in [5.41, 5.74) is 2.20. The summed E-state index contributed by atoms with van der Waals surface area (Å²) in [5.74, 6) is 1.48. The summed E-state index contributed by atoms with van der Waals surface area (Å²) in [5, 5.41) is 0.249. The molecule has 0 N–H and O–H groups in total. The van der Waals surface area contributed by atoms with Crippen LogP contribution in [-0.2, 0) is 6.54 Å². The average Bonchev–Trinajstić information content (AvgIpc) is 3.21. The van der Waals surface area contributed by atoms with Gasteiger partial charge in [-0.3, -0.25) is 0 Å². The van der Waals surface area contributed by atoms with Gasteiger partial charge in [0.15, 0.2) is 11.5 Å². The first kappa shape index (κ1) is 20.5. The van der Waals surface area contributed by atoms with Gasteiger partial charge in [-0.05, 0) is 48.5 Å². The van der Waals surface area contributed by atoms with Crippen LogP contribution < -0.4 is 14.2 Å². The zero-order valence-corrected chi connectivity index (χ0v) is 17.4. The van der Waals surface area contributed by atoms with Crippen LogP contribution in [0.3, 0.4) is 0 Å². The van der Waals surface area contributed by atoms with Crippen molar-refractivity contribution in [3.05, 3.63) is 88.7 Å². The van der Waals surface area contributed by atoms with Gasteiger partial charge in [-0.1, -0.05) is 48.0 Å². The smallest absolute Gasteiger partial charge is 0.231 e. The van der Waals surface area contributed by atoms with Crippen molar-refractivity contribution in [2.45, 2.75) is 19.1 Å². The summed E-state index contributed by atoms with van der Waals surface area (Å²) >= 11 is 6.20. The Hall–Kier alpha value is -2.76. The fourth-order valence-electron chi connectivity index (χ4n) is 3.44. The van der Waals surface area contributed by atoms with Crippen LogP contribution in [0, 0.1) is 5.82 Å². The molecule has 3 aromatic carbocycles. The van der Waals surface area contributed by atoms with Crippen LogP contribution >= 0.6 is 11.6 Å². The van der Waals surface area contributed by atoms with Crippen molar-refractivity contribution in [1.82, 2.24) is 4.90 Å². The van der Waals surface area contributed by atoms with Gasteiger partial charge in [0.25, 0.3) is 0 Å². The minimum Gasteiger partial charge on any atom is -0.484 e. The van der Waals surface area contributed by atoms with E-state index in [-0.39, 0.29) is 17.9 Å². The predicted molar refractivity (Wildman–Crippen MR) is 115 cm³/mol. The lowest BCUT2D eigenvalue weighted by molar-refractivity contribution is 0.168.